The molecule has 2 aliphatic rings. The summed E-state index contributed by atoms with van der Waals surface area (Å²) in [5.41, 5.74) is 2.81. The molecule has 1 aliphatic carbocycles. The van der Waals surface area contributed by atoms with Gasteiger partial charge in [0.15, 0.2) is 0 Å². The molecule has 1 heterocycles. The molecule has 2 fully saturated rings. The number of nitrogens with one attached hydrogen (secondary N) is 2. The molecule has 7 nitrogen and oxygen atoms in total. The van der Waals surface area contributed by atoms with Gasteiger partial charge in [-0.1, -0.05) is 53.6 Å². The number of likely N-dealkylation sites (tertiary alicyclic amines) is 1. The molecule has 1 saturated heterocycles. The van der Waals surface area contributed by atoms with Crippen molar-refractivity contribution in [2.45, 2.75) is 69.9 Å². The lowest BCUT2D eigenvalue weighted by Crippen LogP contribution is -2.50. The highest BCUT2D eigenvalue weighted by molar-refractivity contribution is 6.31. The average molecular weight is 570 g/mol. The fraction of sp³-hybridized carbons (Fsp3) is 0.562. The number of carbonyl (C=O) groups excluding carboxylic acids is 2. The number of ether oxygens (including phenoxy) is 1. The van der Waals surface area contributed by atoms with E-state index in [-0.39, 0.29) is 17.7 Å². The summed E-state index contributed by atoms with van der Waals surface area (Å²) >= 11 is 6.82. The number of piperidine rings is 1. The Labute approximate surface area is 243 Å². The predicted octanol–water partition coefficient (Wildman–Crippen LogP) is 5.19. The van der Waals surface area contributed by atoms with E-state index in [1.807, 2.05) is 36.2 Å². The summed E-state index contributed by atoms with van der Waals surface area (Å²) in [5.74, 6) is 0.0967. The second-order valence-corrected chi connectivity index (χ2v) is 11.9. The summed E-state index contributed by atoms with van der Waals surface area (Å²) in [7, 11) is 3.30. The Morgan fingerprint density at radius 3 is 2.70 bits per heavy atom. The van der Waals surface area contributed by atoms with Crippen LogP contribution in [0, 0.1) is 18.8 Å². The predicted molar refractivity (Wildman–Crippen MR) is 158 cm³/mol. The number of alkyl carbamates (subject to hydrolysis) is 1. The van der Waals surface area contributed by atoms with E-state index in [0.717, 1.165) is 55.3 Å². The lowest BCUT2D eigenvalue weighted by molar-refractivity contribution is -0.141. The number of benzene rings is 2. The second kappa shape index (κ2) is 13.8. The highest BCUT2D eigenvalue weighted by Crippen LogP contribution is 2.43. The van der Waals surface area contributed by atoms with Crippen molar-refractivity contribution < 1.29 is 19.4 Å². The van der Waals surface area contributed by atoms with Gasteiger partial charge in [0.2, 0.25) is 5.91 Å². The fourth-order valence-electron chi connectivity index (χ4n) is 6.64. The average Bonchev–Trinajstić information content (AvgIpc) is 3.45. The summed E-state index contributed by atoms with van der Waals surface area (Å²) in [4.78, 5) is 27.2. The first kappa shape index (κ1) is 30.4. The van der Waals surface area contributed by atoms with Crippen LogP contribution in [0.1, 0.15) is 67.2 Å². The number of hydrogen-bond acceptors (Lipinski definition) is 5. The standard InChI is InChI=1S/C32H44ClN3O4/c1-22-8-4-9-23(18-22)19-27-28(11-5-12-29(27)33)32(39,15-7-16-35-31(38)40-3)25-10-6-17-36(21-25)30(37)24-13-14-26(20-24)34-2/h4-5,8-9,11-12,18,24-26,34,39H,6-7,10,13-17,19-21H2,1-3H3,(H,35,38)/t24-,25-,26+,32+/m1/s1. The van der Waals surface area contributed by atoms with Crippen LogP contribution in [-0.4, -0.2) is 61.8 Å². The van der Waals surface area contributed by atoms with E-state index in [0.29, 0.717) is 43.4 Å². The summed E-state index contributed by atoms with van der Waals surface area (Å²) in [6, 6.07) is 14.5. The maximum atomic E-state index is 13.6. The van der Waals surface area contributed by atoms with Crippen molar-refractivity contribution in [2.24, 2.45) is 11.8 Å². The van der Waals surface area contributed by atoms with Gasteiger partial charge in [-0.3, -0.25) is 4.79 Å². The van der Waals surface area contributed by atoms with Crippen molar-refractivity contribution in [3.63, 3.8) is 0 Å². The molecule has 1 saturated carbocycles. The van der Waals surface area contributed by atoms with Crippen LogP contribution >= 0.6 is 11.6 Å². The Bertz CT molecular complexity index is 1170. The first-order valence-corrected chi connectivity index (χ1v) is 15.0. The molecule has 0 spiro atoms. The number of methoxy groups -OCH3 is 1. The van der Waals surface area contributed by atoms with Gasteiger partial charge in [0, 0.05) is 42.5 Å². The lowest BCUT2D eigenvalue weighted by atomic mass is 9.72. The minimum Gasteiger partial charge on any atom is -0.453 e. The van der Waals surface area contributed by atoms with E-state index in [9.17, 15) is 14.7 Å². The Hall–Kier alpha value is -2.61. The van der Waals surface area contributed by atoms with Gasteiger partial charge < -0.3 is 25.4 Å². The third-order valence-corrected chi connectivity index (χ3v) is 9.19. The van der Waals surface area contributed by atoms with Gasteiger partial charge in [-0.25, -0.2) is 4.79 Å². The van der Waals surface area contributed by atoms with Crippen molar-refractivity contribution in [1.29, 1.82) is 0 Å². The van der Waals surface area contributed by atoms with Crippen LogP contribution in [0.3, 0.4) is 0 Å². The molecule has 2 aromatic rings. The van der Waals surface area contributed by atoms with E-state index < -0.39 is 11.7 Å². The van der Waals surface area contributed by atoms with Crippen molar-refractivity contribution in [1.82, 2.24) is 15.5 Å². The topological polar surface area (TPSA) is 90.9 Å². The highest BCUT2D eigenvalue weighted by atomic mass is 35.5. The maximum absolute atomic E-state index is 13.6. The molecule has 0 radical (unpaired) electrons. The van der Waals surface area contributed by atoms with Crippen molar-refractivity contribution in [2.75, 3.05) is 33.8 Å². The van der Waals surface area contributed by atoms with Gasteiger partial charge in [0.25, 0.3) is 0 Å². The third kappa shape index (κ3) is 7.17. The molecule has 8 heteroatoms. The SMILES string of the molecule is CN[C@H]1CC[C@@H](C(=O)N2CCC[C@@H]([C@@](O)(CCCNC(=O)OC)c3cccc(Cl)c3Cc3cccc(C)c3)C2)C1. The van der Waals surface area contributed by atoms with Crippen molar-refractivity contribution >= 4 is 23.6 Å². The molecule has 4 rings (SSSR count). The first-order valence-electron chi connectivity index (χ1n) is 14.6. The van der Waals surface area contributed by atoms with Crippen molar-refractivity contribution in [3.8, 4) is 0 Å². The largest absolute Gasteiger partial charge is 0.453 e. The molecule has 2 aromatic carbocycles. The van der Waals surface area contributed by atoms with E-state index in [2.05, 4.69) is 35.8 Å². The molecular weight excluding hydrogens is 526 g/mol. The van der Waals surface area contributed by atoms with E-state index in [4.69, 9.17) is 16.3 Å². The quantitative estimate of drug-likeness (QED) is 0.343. The zero-order valence-electron chi connectivity index (χ0n) is 24.0. The summed E-state index contributed by atoms with van der Waals surface area (Å²) in [6.45, 7) is 3.68. The van der Waals surface area contributed by atoms with Crippen LogP contribution in [0.15, 0.2) is 42.5 Å². The van der Waals surface area contributed by atoms with Gasteiger partial charge in [-0.15, -0.1) is 0 Å². The minimum atomic E-state index is -1.22. The Balaban J connectivity index is 1.63. The van der Waals surface area contributed by atoms with Crippen LogP contribution in [0.4, 0.5) is 4.79 Å². The number of halogens is 1. The fourth-order valence-corrected chi connectivity index (χ4v) is 6.88. The number of carbonyl (C=O) groups is 2. The zero-order valence-corrected chi connectivity index (χ0v) is 24.8. The normalized spacial score (nSPS) is 22.5. The van der Waals surface area contributed by atoms with Crippen LogP contribution in [0.25, 0.3) is 0 Å². The second-order valence-electron chi connectivity index (χ2n) is 11.5. The van der Waals surface area contributed by atoms with Gasteiger partial charge in [-0.2, -0.15) is 0 Å². The first-order chi connectivity index (χ1) is 19.2. The summed E-state index contributed by atoms with van der Waals surface area (Å²) < 4.78 is 4.72. The molecule has 0 unspecified atom stereocenters. The molecular formula is C32H44ClN3O4. The Morgan fingerprint density at radius 1 is 1.18 bits per heavy atom. The van der Waals surface area contributed by atoms with Crippen LogP contribution in [0.2, 0.25) is 5.02 Å². The Morgan fingerprint density at radius 2 is 1.98 bits per heavy atom. The number of rotatable bonds is 10. The molecule has 218 valence electrons. The third-order valence-electron chi connectivity index (χ3n) is 8.84. The minimum absolute atomic E-state index is 0.0385. The molecule has 1 aliphatic heterocycles. The van der Waals surface area contributed by atoms with Crippen LogP contribution < -0.4 is 10.6 Å². The van der Waals surface area contributed by atoms with Gasteiger partial charge in [0.1, 0.15) is 0 Å². The van der Waals surface area contributed by atoms with Gasteiger partial charge in [0.05, 0.1) is 12.7 Å². The van der Waals surface area contributed by atoms with Crippen LogP contribution in [0.5, 0.6) is 0 Å². The molecule has 3 N–H and O–H groups in total. The lowest BCUT2D eigenvalue weighted by Gasteiger charge is -2.44. The van der Waals surface area contributed by atoms with Gasteiger partial charge in [-0.05, 0) is 88.1 Å². The van der Waals surface area contributed by atoms with E-state index in [1.165, 1.54) is 12.7 Å². The highest BCUT2D eigenvalue weighted by Gasteiger charge is 2.44. The summed E-state index contributed by atoms with van der Waals surface area (Å²) in [5, 5.41) is 19.3. The zero-order chi connectivity index (χ0) is 28.7. The van der Waals surface area contributed by atoms with E-state index in [1.54, 1.807) is 0 Å². The number of aryl methyl sites for hydroxylation is 1. The molecule has 0 bridgehead atoms. The smallest absolute Gasteiger partial charge is 0.406 e. The van der Waals surface area contributed by atoms with Crippen LogP contribution in [-0.2, 0) is 21.6 Å². The summed E-state index contributed by atoms with van der Waals surface area (Å²) in [6.07, 6.45) is 5.54. The number of aliphatic hydroxyl groups is 1. The number of nitrogens with zero attached hydrogens (tertiary/aromatic N) is 1. The number of amides is 2. The van der Waals surface area contributed by atoms with E-state index >= 15 is 0 Å². The molecule has 2 amide bonds. The maximum Gasteiger partial charge on any atom is 0.406 e. The van der Waals surface area contributed by atoms with Gasteiger partial charge >= 0.3 is 6.09 Å². The Kier molecular flexibility index (Phi) is 10.5. The molecule has 4 atom stereocenters. The van der Waals surface area contributed by atoms with Crippen molar-refractivity contribution in [3.05, 3.63) is 69.7 Å². The molecule has 0 aromatic heterocycles. The monoisotopic (exact) mass is 569 g/mol. The molecule has 40 heavy (non-hydrogen) atoms. The number of hydrogen-bond donors (Lipinski definition) is 3.